The van der Waals surface area contributed by atoms with Gasteiger partial charge in [0.25, 0.3) is 0 Å². The Morgan fingerprint density at radius 1 is 1.25 bits per heavy atom. The van der Waals surface area contributed by atoms with E-state index in [9.17, 15) is 27.6 Å². The van der Waals surface area contributed by atoms with Crippen LogP contribution in [-0.4, -0.2) is 46.1 Å². The summed E-state index contributed by atoms with van der Waals surface area (Å²) in [5.74, 6) is -2.64. The third-order valence-electron chi connectivity index (χ3n) is 5.76. The molecule has 0 unspecified atom stereocenters. The van der Waals surface area contributed by atoms with Gasteiger partial charge in [-0.05, 0) is 34.1 Å². The monoisotopic (exact) mass is 586 g/mol. The van der Waals surface area contributed by atoms with E-state index in [1.54, 1.807) is 0 Å². The summed E-state index contributed by atoms with van der Waals surface area (Å²) in [6, 6.07) is 5.71. The van der Waals surface area contributed by atoms with Gasteiger partial charge in [0.05, 0.1) is 21.6 Å². The molecule has 2 atom stereocenters. The number of hydrogen-bond donors (Lipinski definition) is 2. The van der Waals surface area contributed by atoms with Crippen LogP contribution >= 0.6 is 27.5 Å². The molecule has 0 bridgehead atoms. The molecule has 4 rings (SSSR count). The molecule has 1 aliphatic heterocycles. The van der Waals surface area contributed by atoms with Crippen LogP contribution in [0.1, 0.15) is 12.0 Å². The number of carbonyl (C=O) groups excluding carboxylic acids is 3. The Balaban J connectivity index is 1.54. The number of likely N-dealkylation sites (tertiary alicyclic amines) is 1. The summed E-state index contributed by atoms with van der Waals surface area (Å²) in [5.41, 5.74) is 5.56. The minimum atomic E-state index is -1.44. The Labute approximate surface area is 216 Å². The number of benzene rings is 2. The Kier molecular flexibility index (Phi) is 7.46. The molecule has 0 radical (unpaired) electrons. The average Bonchev–Trinajstić information content (AvgIpc) is 3.35. The topological polar surface area (TPSA) is 107 Å². The fourth-order valence-corrected chi connectivity index (χ4v) is 4.63. The zero-order chi connectivity index (χ0) is 26.1. The summed E-state index contributed by atoms with van der Waals surface area (Å²) in [6.45, 7) is -0.878. The average molecular weight is 588 g/mol. The maximum Gasteiger partial charge on any atom is 0.410 e. The molecule has 2 heterocycles. The van der Waals surface area contributed by atoms with Crippen LogP contribution in [0.25, 0.3) is 10.9 Å². The summed E-state index contributed by atoms with van der Waals surface area (Å²) < 4.78 is 48.9. The Bertz CT molecular complexity index is 1370. The number of nitrogens with two attached hydrogens (primary N) is 1. The van der Waals surface area contributed by atoms with E-state index < -0.39 is 41.8 Å². The minimum absolute atomic E-state index is 0.0701. The molecule has 36 heavy (non-hydrogen) atoms. The molecule has 1 fully saturated rings. The predicted octanol–water partition coefficient (Wildman–Crippen LogP) is 4.05. The normalized spacial score (nSPS) is 17.4. The van der Waals surface area contributed by atoms with Gasteiger partial charge in [0.1, 0.15) is 30.4 Å². The van der Waals surface area contributed by atoms with Crippen molar-refractivity contribution in [3.05, 3.63) is 63.2 Å². The molecule has 0 spiro atoms. The van der Waals surface area contributed by atoms with Gasteiger partial charge in [-0.1, -0.05) is 23.7 Å². The second kappa shape index (κ2) is 10.4. The van der Waals surface area contributed by atoms with E-state index in [2.05, 4.69) is 21.2 Å². The molecule has 1 saturated heterocycles. The lowest BCUT2D eigenvalue weighted by Crippen LogP contribution is -2.46. The third kappa shape index (κ3) is 5.29. The van der Waals surface area contributed by atoms with E-state index >= 15 is 0 Å². The fraction of sp³-hybridized carbons (Fsp3) is 0.261. The SMILES string of the molecule is NC(=O)Oc1cn(CC(=O)N2C[C@H](F)C[C@H]2C(=O)NCc2cccc(Cl)c2F)c2cc(Br)c(F)cc12. The van der Waals surface area contributed by atoms with Crippen molar-refractivity contribution in [1.82, 2.24) is 14.8 Å². The van der Waals surface area contributed by atoms with Crippen LogP contribution in [0, 0.1) is 11.6 Å². The molecule has 2 aromatic carbocycles. The van der Waals surface area contributed by atoms with Crippen molar-refractivity contribution in [2.45, 2.75) is 31.7 Å². The number of nitrogens with one attached hydrogen (secondary N) is 1. The summed E-state index contributed by atoms with van der Waals surface area (Å²) in [6.07, 6.45) is -1.50. The van der Waals surface area contributed by atoms with Crippen LogP contribution in [0.4, 0.5) is 18.0 Å². The second-order valence-electron chi connectivity index (χ2n) is 8.15. The summed E-state index contributed by atoms with van der Waals surface area (Å²) >= 11 is 8.83. The van der Waals surface area contributed by atoms with Crippen molar-refractivity contribution >= 4 is 56.3 Å². The highest BCUT2D eigenvalue weighted by atomic mass is 79.9. The largest absolute Gasteiger partial charge is 0.410 e. The number of ether oxygens (including phenoxy) is 1. The molecule has 13 heteroatoms. The van der Waals surface area contributed by atoms with Gasteiger partial charge in [-0.3, -0.25) is 9.59 Å². The van der Waals surface area contributed by atoms with Gasteiger partial charge in [-0.2, -0.15) is 0 Å². The van der Waals surface area contributed by atoms with E-state index in [0.717, 1.165) is 11.0 Å². The number of halogens is 5. The molecule has 0 aliphatic carbocycles. The Morgan fingerprint density at radius 3 is 2.72 bits per heavy atom. The van der Waals surface area contributed by atoms with Crippen molar-refractivity contribution < 1.29 is 32.3 Å². The first-order valence-electron chi connectivity index (χ1n) is 10.6. The van der Waals surface area contributed by atoms with Crippen LogP contribution in [0.3, 0.4) is 0 Å². The molecule has 3 aromatic rings. The molecule has 8 nitrogen and oxygen atoms in total. The van der Waals surface area contributed by atoms with Crippen molar-refractivity contribution in [3.8, 4) is 5.75 Å². The second-order valence-corrected chi connectivity index (χ2v) is 9.41. The van der Waals surface area contributed by atoms with E-state index in [4.69, 9.17) is 22.1 Å². The number of hydrogen-bond acceptors (Lipinski definition) is 4. The number of alkyl halides is 1. The Hall–Kier alpha value is -3.25. The molecule has 3 amide bonds. The maximum atomic E-state index is 14.3. The van der Waals surface area contributed by atoms with Gasteiger partial charge in [-0.25, -0.2) is 18.0 Å². The smallest absolute Gasteiger partial charge is 0.408 e. The summed E-state index contributed by atoms with van der Waals surface area (Å²) in [7, 11) is 0. The zero-order valence-electron chi connectivity index (χ0n) is 18.4. The quantitative estimate of drug-likeness (QED) is 0.454. The maximum absolute atomic E-state index is 14.3. The molecule has 190 valence electrons. The van der Waals surface area contributed by atoms with Gasteiger partial charge in [0.2, 0.25) is 11.8 Å². The number of fused-ring (bicyclic) bond motifs is 1. The van der Waals surface area contributed by atoms with E-state index in [0.29, 0.717) is 5.52 Å². The standard InChI is InChI=1S/C23H19BrClF3N4O4/c24-14-6-17-13(5-16(14)27)19(36-23(29)35)9-31(17)10-20(33)32-8-12(26)4-18(32)22(34)30-7-11-2-1-3-15(25)21(11)28/h1-3,5-6,9,12,18H,4,7-8,10H2,(H2,29,35)(H,30,34)/t12-,18+/m1/s1. The van der Waals surface area contributed by atoms with Crippen molar-refractivity contribution in [3.63, 3.8) is 0 Å². The van der Waals surface area contributed by atoms with E-state index in [1.165, 1.54) is 35.0 Å². The first kappa shape index (κ1) is 25.8. The number of carbonyl (C=O) groups is 3. The molecule has 3 N–H and O–H groups in total. The first-order valence-corrected chi connectivity index (χ1v) is 11.8. The lowest BCUT2D eigenvalue weighted by molar-refractivity contribution is -0.139. The van der Waals surface area contributed by atoms with Crippen LogP contribution in [0.5, 0.6) is 5.75 Å². The zero-order valence-corrected chi connectivity index (χ0v) is 20.8. The molecular formula is C23H19BrClF3N4O4. The lowest BCUT2D eigenvalue weighted by atomic mass is 10.1. The van der Waals surface area contributed by atoms with E-state index in [1.807, 2.05) is 0 Å². The minimum Gasteiger partial charge on any atom is -0.408 e. The van der Waals surface area contributed by atoms with Crippen LogP contribution in [-0.2, 0) is 22.7 Å². The van der Waals surface area contributed by atoms with Gasteiger partial charge < -0.3 is 25.3 Å². The van der Waals surface area contributed by atoms with Crippen molar-refractivity contribution in [1.29, 1.82) is 0 Å². The number of aromatic nitrogens is 1. The predicted molar refractivity (Wildman–Crippen MR) is 128 cm³/mol. The highest BCUT2D eigenvalue weighted by Crippen LogP contribution is 2.33. The van der Waals surface area contributed by atoms with Crippen LogP contribution in [0.2, 0.25) is 5.02 Å². The molecular weight excluding hydrogens is 569 g/mol. The lowest BCUT2D eigenvalue weighted by Gasteiger charge is -2.24. The molecule has 1 aliphatic rings. The van der Waals surface area contributed by atoms with Crippen molar-refractivity contribution in [2.24, 2.45) is 5.73 Å². The third-order valence-corrected chi connectivity index (χ3v) is 6.66. The van der Waals surface area contributed by atoms with Crippen LogP contribution < -0.4 is 15.8 Å². The van der Waals surface area contributed by atoms with Crippen molar-refractivity contribution in [2.75, 3.05) is 6.54 Å². The van der Waals surface area contributed by atoms with Gasteiger partial charge in [-0.15, -0.1) is 0 Å². The van der Waals surface area contributed by atoms with Gasteiger partial charge >= 0.3 is 6.09 Å². The highest BCUT2D eigenvalue weighted by Gasteiger charge is 2.39. The van der Waals surface area contributed by atoms with Gasteiger partial charge in [0, 0.05) is 30.1 Å². The van der Waals surface area contributed by atoms with Crippen LogP contribution in [0.15, 0.2) is 41.0 Å². The fourth-order valence-electron chi connectivity index (χ4n) is 4.10. The van der Waals surface area contributed by atoms with Gasteiger partial charge in [0.15, 0.2) is 5.75 Å². The number of amides is 3. The summed E-state index contributed by atoms with van der Waals surface area (Å²) in [4.78, 5) is 38.3. The molecule has 1 aromatic heterocycles. The molecule has 0 saturated carbocycles. The summed E-state index contributed by atoms with van der Waals surface area (Å²) in [5, 5.41) is 2.60. The first-order chi connectivity index (χ1) is 17.0. The number of rotatable bonds is 6. The number of nitrogens with zero attached hydrogens (tertiary/aromatic N) is 2. The number of primary amides is 1. The Morgan fingerprint density at radius 2 is 2.00 bits per heavy atom. The highest BCUT2D eigenvalue weighted by molar-refractivity contribution is 9.10. The van der Waals surface area contributed by atoms with E-state index in [-0.39, 0.29) is 52.2 Å².